The lowest BCUT2D eigenvalue weighted by molar-refractivity contribution is -0.928. The molecule has 0 aromatic rings. The molecule has 0 saturated heterocycles. The lowest BCUT2D eigenvalue weighted by Gasteiger charge is -2.39. The molecule has 0 rings (SSSR count). The number of rotatable bonds is 17. The Labute approximate surface area is 158 Å². The van der Waals surface area contributed by atoms with E-state index in [1.165, 1.54) is 108 Å². The third-order valence-corrected chi connectivity index (χ3v) is 5.24. The number of hydrogen-bond donors (Lipinski definition) is 0. The van der Waals surface area contributed by atoms with E-state index in [-0.39, 0.29) is 12.4 Å². The van der Waals surface area contributed by atoms with Gasteiger partial charge < -0.3 is 16.9 Å². The van der Waals surface area contributed by atoms with Crippen LogP contribution in [0.5, 0.6) is 0 Å². The van der Waals surface area contributed by atoms with Gasteiger partial charge in [-0.05, 0) is 38.5 Å². The van der Waals surface area contributed by atoms with Crippen LogP contribution in [0.3, 0.4) is 0 Å². The summed E-state index contributed by atoms with van der Waals surface area (Å²) in [6.45, 7) is 12.4. The first-order valence-corrected chi connectivity index (χ1v) is 10.7. The van der Waals surface area contributed by atoms with Gasteiger partial charge in [-0.1, -0.05) is 52.9 Å². The van der Waals surface area contributed by atoms with Gasteiger partial charge in [-0.2, -0.15) is 0 Å². The highest BCUT2D eigenvalue weighted by Crippen LogP contribution is 2.18. The number of hydrogen-bond acceptors (Lipinski definition) is 0. The van der Waals surface area contributed by atoms with Gasteiger partial charge in [-0.15, -0.1) is 11.6 Å². The van der Waals surface area contributed by atoms with Crippen molar-refractivity contribution < 1.29 is 16.9 Å². The van der Waals surface area contributed by atoms with Crippen LogP contribution in [-0.4, -0.2) is 36.5 Å². The van der Waals surface area contributed by atoms with Crippen LogP contribution in [0.2, 0.25) is 0 Å². The van der Waals surface area contributed by atoms with E-state index in [1.54, 1.807) is 0 Å². The summed E-state index contributed by atoms with van der Waals surface area (Å²) in [7, 11) is 0. The molecule has 0 aromatic heterocycles. The first-order valence-electron chi connectivity index (χ1n) is 10.2. The van der Waals surface area contributed by atoms with Crippen molar-refractivity contribution in [2.24, 2.45) is 0 Å². The number of quaternary nitrogens is 1. The maximum Gasteiger partial charge on any atom is 0.0798 e. The standard InChI is InChI=1S/C20H43ClN.ClH/c1-4-7-10-13-18-22(20-15-16-21,17-12-9-6-3)19-14-11-8-5-2;/h4-20H2,1-3H3;1H/q+1;/p-1. The van der Waals surface area contributed by atoms with E-state index < -0.39 is 0 Å². The Kier molecular flexibility index (Phi) is 21.2. The van der Waals surface area contributed by atoms with E-state index in [0.717, 1.165) is 5.88 Å². The lowest BCUT2D eigenvalue weighted by atomic mass is 10.1. The van der Waals surface area contributed by atoms with E-state index in [1.807, 2.05) is 0 Å². The predicted molar refractivity (Wildman–Crippen MR) is 103 cm³/mol. The second kappa shape index (κ2) is 18.9. The molecule has 1 nitrogen and oxygen atoms in total. The number of alkyl halides is 1. The van der Waals surface area contributed by atoms with Crippen molar-refractivity contribution in [1.29, 1.82) is 0 Å². The van der Waals surface area contributed by atoms with Gasteiger partial charge in [0, 0.05) is 12.3 Å². The molecule has 0 unspecified atom stereocenters. The molecule has 0 saturated carbocycles. The topological polar surface area (TPSA) is 0 Å². The summed E-state index contributed by atoms with van der Waals surface area (Å²) < 4.78 is 1.36. The molecule has 3 heteroatoms. The molecule has 0 spiro atoms. The van der Waals surface area contributed by atoms with Crippen molar-refractivity contribution in [2.75, 3.05) is 32.1 Å². The van der Waals surface area contributed by atoms with E-state index in [0.29, 0.717) is 0 Å². The molecular formula is C20H43Cl2N. The maximum atomic E-state index is 6.03. The molecule has 0 radical (unpaired) electrons. The number of halogens is 2. The molecule has 0 aromatic carbocycles. The van der Waals surface area contributed by atoms with Crippen LogP contribution in [0.15, 0.2) is 0 Å². The van der Waals surface area contributed by atoms with Crippen LogP contribution >= 0.6 is 11.6 Å². The molecule has 0 N–H and O–H groups in total. The van der Waals surface area contributed by atoms with Crippen molar-refractivity contribution in [1.82, 2.24) is 0 Å². The second-order valence-corrected chi connectivity index (χ2v) is 7.48. The molecule has 0 amide bonds. The van der Waals surface area contributed by atoms with Crippen LogP contribution in [0, 0.1) is 0 Å². The lowest BCUT2D eigenvalue weighted by Crippen LogP contribution is -3.00. The Hall–Kier alpha value is 0.540. The molecule has 0 atom stereocenters. The number of unbranched alkanes of at least 4 members (excludes halogenated alkanes) is 8. The van der Waals surface area contributed by atoms with Gasteiger partial charge in [0.2, 0.25) is 0 Å². The summed E-state index contributed by atoms with van der Waals surface area (Å²) >= 11 is 6.03. The normalized spacial score (nSPS) is 11.5. The Morgan fingerprint density at radius 2 is 0.870 bits per heavy atom. The molecule has 0 bridgehead atoms. The Balaban J connectivity index is 0. The quantitative estimate of drug-likeness (QED) is 0.208. The minimum atomic E-state index is 0. The zero-order valence-electron chi connectivity index (χ0n) is 16.2. The van der Waals surface area contributed by atoms with Crippen LogP contribution in [0.4, 0.5) is 0 Å². The smallest absolute Gasteiger partial charge is 0.0798 e. The highest BCUT2D eigenvalue weighted by atomic mass is 35.5. The molecule has 0 heterocycles. The molecule has 0 aliphatic carbocycles. The average Bonchev–Trinajstić information content (AvgIpc) is 2.54. The van der Waals surface area contributed by atoms with Crippen molar-refractivity contribution in [3.63, 3.8) is 0 Å². The van der Waals surface area contributed by atoms with E-state index in [2.05, 4.69) is 20.8 Å². The third kappa shape index (κ3) is 14.6. The largest absolute Gasteiger partial charge is 1.00 e. The SMILES string of the molecule is CCCCCC[N+](CCCCl)(CCCCC)CCCCCC.[Cl-]. The first kappa shape index (κ1) is 25.8. The van der Waals surface area contributed by atoms with E-state index >= 15 is 0 Å². The molecule has 142 valence electrons. The highest BCUT2D eigenvalue weighted by Gasteiger charge is 2.25. The van der Waals surface area contributed by atoms with Crippen molar-refractivity contribution in [3.05, 3.63) is 0 Å². The minimum Gasteiger partial charge on any atom is -1.00 e. The Morgan fingerprint density at radius 1 is 0.522 bits per heavy atom. The van der Waals surface area contributed by atoms with Gasteiger partial charge in [0.25, 0.3) is 0 Å². The van der Waals surface area contributed by atoms with Crippen molar-refractivity contribution >= 4 is 11.6 Å². The minimum absolute atomic E-state index is 0. The fraction of sp³-hybridized carbons (Fsp3) is 1.00. The summed E-state index contributed by atoms with van der Waals surface area (Å²) in [6, 6.07) is 0. The van der Waals surface area contributed by atoms with Gasteiger partial charge in [0.15, 0.2) is 0 Å². The van der Waals surface area contributed by atoms with Gasteiger partial charge in [0.05, 0.1) is 26.2 Å². The first-order chi connectivity index (χ1) is 10.7. The van der Waals surface area contributed by atoms with Crippen LogP contribution in [0.1, 0.15) is 97.8 Å². The van der Waals surface area contributed by atoms with Gasteiger partial charge in [-0.25, -0.2) is 0 Å². The molecule has 0 fully saturated rings. The monoisotopic (exact) mass is 367 g/mol. The fourth-order valence-corrected chi connectivity index (χ4v) is 3.63. The van der Waals surface area contributed by atoms with Gasteiger partial charge >= 0.3 is 0 Å². The second-order valence-electron chi connectivity index (χ2n) is 7.11. The highest BCUT2D eigenvalue weighted by molar-refractivity contribution is 6.17. The number of nitrogens with zero attached hydrogens (tertiary/aromatic N) is 1. The maximum absolute atomic E-state index is 6.03. The summed E-state index contributed by atoms with van der Waals surface area (Å²) in [5.41, 5.74) is 0. The fourth-order valence-electron chi connectivity index (χ4n) is 3.51. The predicted octanol–water partition coefficient (Wildman–Crippen LogP) is 3.79. The van der Waals surface area contributed by atoms with Crippen LogP contribution in [0.25, 0.3) is 0 Å². The molecule has 23 heavy (non-hydrogen) atoms. The Morgan fingerprint density at radius 3 is 1.26 bits per heavy atom. The molecule has 0 aliphatic rings. The summed E-state index contributed by atoms with van der Waals surface area (Å²) in [5.74, 6) is 0.831. The zero-order valence-corrected chi connectivity index (χ0v) is 17.7. The Bertz CT molecular complexity index is 210. The zero-order chi connectivity index (χ0) is 16.5. The van der Waals surface area contributed by atoms with Gasteiger partial charge in [-0.3, -0.25) is 0 Å². The van der Waals surface area contributed by atoms with E-state index in [4.69, 9.17) is 11.6 Å². The summed E-state index contributed by atoms with van der Waals surface area (Å²) in [4.78, 5) is 0. The molecular weight excluding hydrogens is 325 g/mol. The van der Waals surface area contributed by atoms with Crippen LogP contribution < -0.4 is 12.4 Å². The summed E-state index contributed by atoms with van der Waals surface area (Å²) in [6.07, 6.45) is 16.5. The van der Waals surface area contributed by atoms with Crippen LogP contribution in [-0.2, 0) is 0 Å². The van der Waals surface area contributed by atoms with E-state index in [9.17, 15) is 0 Å². The van der Waals surface area contributed by atoms with Gasteiger partial charge in [0.1, 0.15) is 0 Å². The van der Waals surface area contributed by atoms with Crippen molar-refractivity contribution in [2.45, 2.75) is 97.8 Å². The third-order valence-electron chi connectivity index (χ3n) is 4.97. The summed E-state index contributed by atoms with van der Waals surface area (Å²) in [5, 5.41) is 0. The molecule has 0 aliphatic heterocycles. The average molecular weight is 368 g/mol. The van der Waals surface area contributed by atoms with Crippen molar-refractivity contribution in [3.8, 4) is 0 Å².